The van der Waals surface area contributed by atoms with E-state index in [2.05, 4.69) is 12.1 Å². The summed E-state index contributed by atoms with van der Waals surface area (Å²) in [7, 11) is 3.54. The van der Waals surface area contributed by atoms with Crippen LogP contribution in [0.2, 0.25) is 0 Å². The van der Waals surface area contributed by atoms with Crippen molar-refractivity contribution in [3.05, 3.63) is 29.8 Å². The van der Waals surface area contributed by atoms with E-state index in [0.717, 1.165) is 24.5 Å². The molecule has 1 aromatic rings. The molecule has 0 saturated carbocycles. The van der Waals surface area contributed by atoms with E-state index in [-0.39, 0.29) is 6.04 Å². The van der Waals surface area contributed by atoms with Gasteiger partial charge in [-0.1, -0.05) is 12.1 Å². The maximum atomic E-state index is 11.0. The number of ether oxygens (including phenoxy) is 1. The number of likely N-dealkylation sites (N-methyl/N-ethyl adjacent to an activating group) is 1. The highest BCUT2D eigenvalue weighted by molar-refractivity contribution is 7.99. The molecule has 1 aliphatic rings. The van der Waals surface area contributed by atoms with Crippen molar-refractivity contribution < 1.29 is 14.6 Å². The SMILES string of the molecule is COc1ccc(CS[C@@H]2C[C@@H](C(=O)O)N(C)C2)cc1. The fourth-order valence-corrected chi connectivity index (χ4v) is 3.58. The van der Waals surface area contributed by atoms with Gasteiger partial charge in [0.05, 0.1) is 7.11 Å². The van der Waals surface area contributed by atoms with Crippen LogP contribution in [-0.2, 0) is 10.5 Å². The van der Waals surface area contributed by atoms with Gasteiger partial charge in [0.25, 0.3) is 0 Å². The number of rotatable bonds is 5. The smallest absolute Gasteiger partial charge is 0.320 e. The summed E-state index contributed by atoms with van der Waals surface area (Å²) in [6.45, 7) is 0.845. The second-order valence-electron chi connectivity index (χ2n) is 4.81. The average molecular weight is 281 g/mol. The molecule has 0 bridgehead atoms. The summed E-state index contributed by atoms with van der Waals surface area (Å²) in [5.74, 6) is 1.06. The molecule has 0 spiro atoms. The van der Waals surface area contributed by atoms with Crippen molar-refractivity contribution in [2.24, 2.45) is 0 Å². The van der Waals surface area contributed by atoms with Gasteiger partial charge in [0.1, 0.15) is 11.8 Å². The Balaban J connectivity index is 1.84. The molecule has 0 aliphatic carbocycles. The third-order valence-corrected chi connectivity index (χ3v) is 4.75. The van der Waals surface area contributed by atoms with Gasteiger partial charge in [0.15, 0.2) is 0 Å². The predicted molar refractivity (Wildman–Crippen MR) is 76.7 cm³/mol. The van der Waals surface area contributed by atoms with E-state index in [1.165, 1.54) is 5.56 Å². The number of hydrogen-bond donors (Lipinski definition) is 1. The molecule has 0 amide bonds. The van der Waals surface area contributed by atoms with Crippen molar-refractivity contribution in [2.45, 2.75) is 23.5 Å². The molecule has 0 aromatic heterocycles. The van der Waals surface area contributed by atoms with Gasteiger partial charge in [-0.3, -0.25) is 9.69 Å². The first kappa shape index (κ1) is 14.2. The van der Waals surface area contributed by atoms with Crippen LogP contribution < -0.4 is 4.74 Å². The van der Waals surface area contributed by atoms with Crippen LogP contribution in [0, 0.1) is 0 Å². The topological polar surface area (TPSA) is 49.8 Å². The molecule has 1 aromatic carbocycles. The molecule has 104 valence electrons. The summed E-state index contributed by atoms with van der Waals surface area (Å²) >= 11 is 1.83. The number of benzene rings is 1. The Morgan fingerprint density at radius 3 is 2.68 bits per heavy atom. The third kappa shape index (κ3) is 3.64. The van der Waals surface area contributed by atoms with Crippen LogP contribution in [0.4, 0.5) is 0 Å². The van der Waals surface area contributed by atoms with E-state index in [4.69, 9.17) is 9.84 Å². The van der Waals surface area contributed by atoms with Crippen LogP contribution in [0.25, 0.3) is 0 Å². The molecule has 1 N–H and O–H groups in total. The van der Waals surface area contributed by atoms with Crippen molar-refractivity contribution in [3.63, 3.8) is 0 Å². The second kappa shape index (κ2) is 6.30. The Labute approximate surface area is 117 Å². The molecular formula is C14H19NO3S. The number of hydrogen-bond acceptors (Lipinski definition) is 4. The molecule has 4 nitrogen and oxygen atoms in total. The lowest BCUT2D eigenvalue weighted by Crippen LogP contribution is -2.32. The summed E-state index contributed by atoms with van der Waals surface area (Å²) in [5.41, 5.74) is 1.24. The highest BCUT2D eigenvalue weighted by atomic mass is 32.2. The number of nitrogens with zero attached hydrogens (tertiary/aromatic N) is 1. The van der Waals surface area contributed by atoms with E-state index in [1.807, 2.05) is 35.8 Å². The van der Waals surface area contributed by atoms with Crippen molar-refractivity contribution in [1.29, 1.82) is 0 Å². The highest BCUT2D eigenvalue weighted by Crippen LogP contribution is 2.29. The normalized spacial score (nSPS) is 23.5. The Morgan fingerprint density at radius 1 is 1.47 bits per heavy atom. The lowest BCUT2D eigenvalue weighted by molar-refractivity contribution is -0.141. The molecular weight excluding hydrogens is 262 g/mol. The molecule has 2 atom stereocenters. The first-order valence-corrected chi connectivity index (χ1v) is 7.32. The van der Waals surface area contributed by atoms with Gasteiger partial charge in [-0.15, -0.1) is 0 Å². The molecule has 1 fully saturated rings. The van der Waals surface area contributed by atoms with Crippen LogP contribution in [0.5, 0.6) is 5.75 Å². The zero-order chi connectivity index (χ0) is 13.8. The summed E-state index contributed by atoms with van der Waals surface area (Å²) in [4.78, 5) is 13.0. The van der Waals surface area contributed by atoms with Gasteiger partial charge in [-0.2, -0.15) is 11.8 Å². The molecule has 1 heterocycles. The Bertz CT molecular complexity index is 435. The van der Waals surface area contributed by atoms with E-state index in [1.54, 1.807) is 7.11 Å². The minimum atomic E-state index is -0.713. The van der Waals surface area contributed by atoms with Gasteiger partial charge in [0, 0.05) is 17.5 Å². The molecule has 0 radical (unpaired) electrons. The fraction of sp³-hybridized carbons (Fsp3) is 0.500. The summed E-state index contributed by atoms with van der Waals surface area (Å²) in [6.07, 6.45) is 0.729. The van der Waals surface area contributed by atoms with Crippen molar-refractivity contribution in [3.8, 4) is 5.75 Å². The largest absolute Gasteiger partial charge is 0.497 e. The predicted octanol–water partition coefficient (Wildman–Crippen LogP) is 2.09. The van der Waals surface area contributed by atoms with Gasteiger partial charge in [-0.05, 0) is 31.2 Å². The first-order valence-electron chi connectivity index (χ1n) is 6.27. The monoisotopic (exact) mass is 281 g/mol. The van der Waals surface area contributed by atoms with Gasteiger partial charge < -0.3 is 9.84 Å². The zero-order valence-electron chi connectivity index (χ0n) is 11.2. The van der Waals surface area contributed by atoms with Crippen LogP contribution in [0.3, 0.4) is 0 Å². The van der Waals surface area contributed by atoms with Gasteiger partial charge in [-0.25, -0.2) is 0 Å². The van der Waals surface area contributed by atoms with Crippen LogP contribution in [0.1, 0.15) is 12.0 Å². The molecule has 5 heteroatoms. The Kier molecular flexibility index (Phi) is 4.71. The lowest BCUT2D eigenvalue weighted by atomic mass is 10.2. The maximum Gasteiger partial charge on any atom is 0.320 e. The third-order valence-electron chi connectivity index (χ3n) is 3.44. The van der Waals surface area contributed by atoms with E-state index in [9.17, 15) is 4.79 Å². The fourth-order valence-electron chi connectivity index (χ4n) is 2.30. The number of likely N-dealkylation sites (tertiary alicyclic amines) is 1. The molecule has 1 aliphatic heterocycles. The molecule has 1 saturated heterocycles. The van der Waals surface area contributed by atoms with Gasteiger partial charge >= 0.3 is 5.97 Å². The number of aliphatic carboxylic acids is 1. The Hall–Kier alpha value is -1.20. The minimum Gasteiger partial charge on any atom is -0.497 e. The summed E-state index contributed by atoms with van der Waals surface area (Å²) in [5, 5.41) is 9.48. The average Bonchev–Trinajstić information content (AvgIpc) is 2.78. The summed E-state index contributed by atoms with van der Waals surface area (Å²) < 4.78 is 5.12. The molecule has 19 heavy (non-hydrogen) atoms. The van der Waals surface area contributed by atoms with Crippen LogP contribution in [-0.4, -0.2) is 48.0 Å². The van der Waals surface area contributed by atoms with Crippen molar-refractivity contribution in [1.82, 2.24) is 4.90 Å². The van der Waals surface area contributed by atoms with E-state index < -0.39 is 5.97 Å². The van der Waals surface area contributed by atoms with Crippen LogP contribution in [0.15, 0.2) is 24.3 Å². The zero-order valence-corrected chi connectivity index (χ0v) is 12.0. The number of carboxylic acids is 1. The number of thioether (sulfide) groups is 1. The van der Waals surface area contributed by atoms with Crippen molar-refractivity contribution in [2.75, 3.05) is 20.7 Å². The quantitative estimate of drug-likeness (QED) is 0.895. The minimum absolute atomic E-state index is 0.326. The summed E-state index contributed by atoms with van der Waals surface area (Å²) in [6, 6.07) is 7.69. The second-order valence-corrected chi connectivity index (χ2v) is 6.10. The van der Waals surface area contributed by atoms with E-state index >= 15 is 0 Å². The number of carbonyl (C=O) groups is 1. The highest BCUT2D eigenvalue weighted by Gasteiger charge is 2.34. The molecule has 2 rings (SSSR count). The standard InChI is InChI=1S/C14H19NO3S/c1-15-8-12(7-13(15)14(16)17)19-9-10-3-5-11(18-2)6-4-10/h3-6,12-13H,7-9H2,1-2H3,(H,16,17)/t12-,13+/m1/s1. The number of carboxylic acid groups (broad SMARTS) is 1. The lowest BCUT2D eigenvalue weighted by Gasteiger charge is -2.13. The van der Waals surface area contributed by atoms with Crippen LogP contribution >= 0.6 is 11.8 Å². The first-order chi connectivity index (χ1) is 9.10. The van der Waals surface area contributed by atoms with Gasteiger partial charge in [0.2, 0.25) is 0 Å². The van der Waals surface area contributed by atoms with E-state index in [0.29, 0.717) is 5.25 Å². The maximum absolute atomic E-state index is 11.0. The molecule has 0 unspecified atom stereocenters. The Morgan fingerprint density at radius 2 is 2.16 bits per heavy atom. The van der Waals surface area contributed by atoms with Crippen molar-refractivity contribution >= 4 is 17.7 Å². The number of methoxy groups -OCH3 is 1.